The fourth-order valence-electron chi connectivity index (χ4n) is 5.83. The molecule has 3 aliphatic rings. The molecular weight excluding hydrogens is 454 g/mol. The van der Waals surface area contributed by atoms with Crippen molar-refractivity contribution in [2.24, 2.45) is 5.92 Å². The van der Waals surface area contributed by atoms with Crippen LogP contribution in [0.1, 0.15) is 49.1 Å². The van der Waals surface area contributed by atoms with E-state index in [1.54, 1.807) is 41.2 Å². The Morgan fingerprint density at radius 2 is 1.83 bits per heavy atom. The summed E-state index contributed by atoms with van der Waals surface area (Å²) in [5.41, 5.74) is 2.68. The van der Waals surface area contributed by atoms with Gasteiger partial charge in [0.25, 0.3) is 0 Å². The van der Waals surface area contributed by atoms with Crippen molar-refractivity contribution in [3.63, 3.8) is 0 Å². The molecule has 0 unspecified atom stereocenters. The Bertz CT molecular complexity index is 1150. The number of fused-ring (bicyclic) bond motifs is 1. The number of hydrogen-bond acceptors (Lipinski definition) is 4. The number of hydrogen-bond donors (Lipinski definition) is 2. The molecule has 36 heavy (non-hydrogen) atoms. The summed E-state index contributed by atoms with van der Waals surface area (Å²) in [6.45, 7) is 0.308. The molecule has 2 aromatic rings. The van der Waals surface area contributed by atoms with Gasteiger partial charge in [0.1, 0.15) is 12.3 Å². The van der Waals surface area contributed by atoms with Gasteiger partial charge in [0, 0.05) is 30.1 Å². The summed E-state index contributed by atoms with van der Waals surface area (Å²) in [7, 11) is 1.59. The van der Waals surface area contributed by atoms with Gasteiger partial charge in [-0.2, -0.15) is 0 Å². The van der Waals surface area contributed by atoms with Crippen LogP contribution in [-0.4, -0.2) is 65.7 Å². The van der Waals surface area contributed by atoms with E-state index in [1.165, 1.54) is 25.7 Å². The molecule has 5 rings (SSSR count). The molecule has 2 aromatic carbocycles. The lowest BCUT2D eigenvalue weighted by Gasteiger charge is -2.58. The number of rotatable bonds is 5. The number of nitrogens with zero attached hydrogens (tertiary/aromatic N) is 2. The predicted molar refractivity (Wildman–Crippen MR) is 138 cm³/mol. The van der Waals surface area contributed by atoms with Crippen molar-refractivity contribution in [1.82, 2.24) is 9.80 Å². The Morgan fingerprint density at radius 3 is 2.50 bits per heavy atom. The summed E-state index contributed by atoms with van der Waals surface area (Å²) < 4.78 is 5.16. The Kier molecular flexibility index (Phi) is 7.15. The topological polar surface area (TPSA) is 82.1 Å². The number of methoxy groups -OCH3 is 1. The molecular formula is C29H33N3O4. The van der Waals surface area contributed by atoms with Crippen LogP contribution in [0.2, 0.25) is 0 Å². The predicted octanol–water partition coefficient (Wildman–Crippen LogP) is 3.83. The molecule has 0 aromatic heterocycles. The number of aliphatic hydroxyl groups excluding tert-OH is 1. The molecule has 2 heterocycles. The van der Waals surface area contributed by atoms with Crippen LogP contribution in [0.3, 0.4) is 0 Å². The summed E-state index contributed by atoms with van der Waals surface area (Å²) in [4.78, 5) is 29.1. The molecule has 2 N–H and O–H groups in total. The quantitative estimate of drug-likeness (QED) is 0.628. The summed E-state index contributed by atoms with van der Waals surface area (Å²) in [6.07, 6.45) is 6.21. The molecule has 2 saturated heterocycles. The molecule has 7 nitrogen and oxygen atoms in total. The van der Waals surface area contributed by atoms with E-state index in [-0.39, 0.29) is 43.1 Å². The van der Waals surface area contributed by atoms with E-state index in [2.05, 4.69) is 17.2 Å². The van der Waals surface area contributed by atoms with Crippen LogP contribution in [0, 0.1) is 17.8 Å². The van der Waals surface area contributed by atoms with Crippen molar-refractivity contribution in [2.45, 2.75) is 50.1 Å². The van der Waals surface area contributed by atoms with Crippen molar-refractivity contribution >= 4 is 17.6 Å². The van der Waals surface area contributed by atoms with Crippen molar-refractivity contribution in [3.8, 4) is 17.6 Å². The molecule has 3 atom stereocenters. The van der Waals surface area contributed by atoms with Gasteiger partial charge in [0.15, 0.2) is 0 Å². The molecule has 0 radical (unpaired) electrons. The lowest BCUT2D eigenvalue weighted by Crippen LogP contribution is -2.73. The Labute approximate surface area is 212 Å². The van der Waals surface area contributed by atoms with Crippen LogP contribution in [-0.2, 0) is 4.79 Å². The summed E-state index contributed by atoms with van der Waals surface area (Å²) in [6, 6.07) is 14.5. The number of ether oxygens (including phenoxy) is 1. The highest BCUT2D eigenvalue weighted by Crippen LogP contribution is 2.43. The number of anilines is 1. The van der Waals surface area contributed by atoms with E-state index >= 15 is 0 Å². The first-order valence-electron chi connectivity index (χ1n) is 12.8. The van der Waals surface area contributed by atoms with Gasteiger partial charge < -0.3 is 25.0 Å². The van der Waals surface area contributed by atoms with Gasteiger partial charge in [-0.25, -0.2) is 4.79 Å². The number of urea groups is 1. The fraction of sp³-hybridized carbons (Fsp3) is 0.448. The lowest BCUT2D eigenvalue weighted by molar-refractivity contribution is -0.159. The van der Waals surface area contributed by atoms with E-state index in [9.17, 15) is 14.7 Å². The number of amides is 3. The van der Waals surface area contributed by atoms with E-state index in [0.29, 0.717) is 18.0 Å². The second kappa shape index (κ2) is 10.6. The zero-order valence-corrected chi connectivity index (χ0v) is 20.7. The molecule has 0 spiro atoms. The van der Waals surface area contributed by atoms with Gasteiger partial charge in [-0.1, -0.05) is 36.8 Å². The van der Waals surface area contributed by atoms with Crippen LogP contribution in [0.25, 0.3) is 0 Å². The second-order valence-corrected chi connectivity index (χ2v) is 9.96. The zero-order valence-electron chi connectivity index (χ0n) is 20.7. The average molecular weight is 488 g/mol. The number of carbonyl (C=O) groups is 2. The number of piperazine rings is 1. The summed E-state index contributed by atoms with van der Waals surface area (Å²) in [5.74, 6) is 7.90. The average Bonchev–Trinajstić information content (AvgIpc) is 3.40. The lowest BCUT2D eigenvalue weighted by atomic mass is 9.73. The van der Waals surface area contributed by atoms with Gasteiger partial charge in [0.2, 0.25) is 5.91 Å². The fourth-order valence-corrected chi connectivity index (χ4v) is 5.83. The number of benzene rings is 2. The SMILES string of the molecule is COc1ccc(NC(=O)N2CC(=O)N3[C@H](C2)[C@H](c2ccc(C#CCC4CCCC4)cc2)[C@@H]3CO)cc1. The first-order valence-corrected chi connectivity index (χ1v) is 12.8. The standard InChI is InChI=1S/C29H33N3O4/c1-36-24-15-13-23(14-16-24)30-29(35)31-17-25-28(26(19-33)32(25)27(34)18-31)22-11-9-21(10-12-22)8-4-7-20-5-2-3-6-20/h9-16,20,25-26,28,33H,2-3,5-7,17-19H2,1H3,(H,30,35)/t25-,26+,28+/m1/s1. The van der Waals surface area contributed by atoms with Crippen LogP contribution in [0.5, 0.6) is 5.75 Å². The molecule has 7 heteroatoms. The van der Waals surface area contributed by atoms with Gasteiger partial charge >= 0.3 is 6.03 Å². The molecule has 2 aliphatic heterocycles. The minimum atomic E-state index is -0.313. The Balaban J connectivity index is 1.25. The first kappa shape index (κ1) is 24.2. The van der Waals surface area contributed by atoms with Gasteiger partial charge in [0.05, 0.1) is 25.8 Å². The molecule has 0 bridgehead atoms. The highest BCUT2D eigenvalue weighted by atomic mass is 16.5. The van der Waals surface area contributed by atoms with Crippen LogP contribution < -0.4 is 10.1 Å². The molecule has 3 amide bonds. The minimum absolute atomic E-state index is 0.00275. The second-order valence-electron chi connectivity index (χ2n) is 9.96. The summed E-state index contributed by atoms with van der Waals surface area (Å²) >= 11 is 0. The Morgan fingerprint density at radius 1 is 1.11 bits per heavy atom. The highest BCUT2D eigenvalue weighted by molar-refractivity contribution is 5.93. The van der Waals surface area contributed by atoms with Crippen LogP contribution >= 0.6 is 0 Å². The number of aliphatic hydroxyl groups is 1. The minimum Gasteiger partial charge on any atom is -0.497 e. The third kappa shape index (κ3) is 4.91. The smallest absolute Gasteiger partial charge is 0.322 e. The van der Waals surface area contributed by atoms with E-state index in [0.717, 1.165) is 23.5 Å². The van der Waals surface area contributed by atoms with Crippen LogP contribution in [0.4, 0.5) is 10.5 Å². The monoisotopic (exact) mass is 487 g/mol. The van der Waals surface area contributed by atoms with Crippen molar-refractivity contribution in [1.29, 1.82) is 0 Å². The summed E-state index contributed by atoms with van der Waals surface area (Å²) in [5, 5.41) is 12.9. The molecule has 188 valence electrons. The largest absolute Gasteiger partial charge is 0.497 e. The van der Waals surface area contributed by atoms with E-state index in [4.69, 9.17) is 4.74 Å². The van der Waals surface area contributed by atoms with Crippen molar-refractivity contribution in [2.75, 3.05) is 32.1 Å². The van der Waals surface area contributed by atoms with E-state index in [1.807, 2.05) is 24.3 Å². The van der Waals surface area contributed by atoms with Crippen molar-refractivity contribution < 1.29 is 19.4 Å². The maximum absolute atomic E-state index is 12.9. The van der Waals surface area contributed by atoms with E-state index < -0.39 is 0 Å². The first-order chi connectivity index (χ1) is 17.6. The molecule has 1 saturated carbocycles. The third-order valence-corrected chi connectivity index (χ3v) is 7.77. The van der Waals surface area contributed by atoms with Gasteiger partial charge in [-0.05, 0) is 60.7 Å². The molecule has 1 aliphatic carbocycles. The molecule has 3 fully saturated rings. The normalized spacial score (nSPS) is 23.4. The Hall–Kier alpha value is -3.50. The highest BCUT2D eigenvalue weighted by Gasteiger charge is 2.54. The number of carbonyl (C=O) groups excluding carboxylic acids is 2. The zero-order chi connectivity index (χ0) is 25.1. The maximum atomic E-state index is 12.9. The van der Waals surface area contributed by atoms with Gasteiger partial charge in [-0.3, -0.25) is 4.79 Å². The third-order valence-electron chi connectivity index (χ3n) is 7.77. The number of nitrogens with one attached hydrogen (secondary N) is 1. The van der Waals surface area contributed by atoms with Gasteiger partial charge in [-0.15, -0.1) is 0 Å². The van der Waals surface area contributed by atoms with Crippen LogP contribution in [0.15, 0.2) is 48.5 Å². The van der Waals surface area contributed by atoms with Crippen molar-refractivity contribution in [3.05, 3.63) is 59.7 Å². The maximum Gasteiger partial charge on any atom is 0.322 e.